The molecule has 3 nitrogen and oxygen atoms in total. The van der Waals surface area contributed by atoms with Gasteiger partial charge in [-0.1, -0.05) is 12.1 Å². The van der Waals surface area contributed by atoms with Gasteiger partial charge in [-0.25, -0.2) is 4.39 Å². The summed E-state index contributed by atoms with van der Waals surface area (Å²) in [5, 5.41) is 8.29. The third-order valence-electron chi connectivity index (χ3n) is 1.41. The second-order valence-electron chi connectivity index (χ2n) is 2.42. The van der Waals surface area contributed by atoms with E-state index in [1.54, 1.807) is 12.1 Å². The van der Waals surface area contributed by atoms with E-state index >= 15 is 0 Å². The molecular weight excluding hydrogens is 198 g/mol. The minimum Gasteiger partial charge on any atom is -1.00 e. The van der Waals surface area contributed by atoms with Crippen molar-refractivity contribution < 1.29 is 50.0 Å². The molecule has 0 aromatic heterocycles. The van der Waals surface area contributed by atoms with Crippen molar-refractivity contribution in [2.24, 2.45) is 0 Å². The average molecular weight is 208 g/mol. The van der Waals surface area contributed by atoms with Gasteiger partial charge in [0, 0.05) is 0 Å². The van der Waals surface area contributed by atoms with Crippen LogP contribution in [0.2, 0.25) is 0 Å². The first-order chi connectivity index (χ1) is 6.20. The predicted molar refractivity (Wildman–Crippen MR) is 45.3 cm³/mol. The molecule has 1 aromatic carbocycles. The van der Waals surface area contributed by atoms with E-state index in [9.17, 15) is 9.18 Å². The quantitative estimate of drug-likeness (QED) is 0.632. The van der Waals surface area contributed by atoms with Crippen LogP contribution < -0.4 is 34.3 Å². The normalized spacial score (nSPS) is 8.93. The Balaban J connectivity index is 0. The second kappa shape index (κ2) is 6.81. The first-order valence-electron chi connectivity index (χ1n) is 3.79. The number of aliphatic carboxylic acids is 1. The zero-order chi connectivity index (χ0) is 9.68. The minimum atomic E-state index is -0.962. The van der Waals surface area contributed by atoms with Gasteiger partial charge in [-0.2, -0.15) is 0 Å². The number of hydrogen-bond donors (Lipinski definition) is 1. The van der Waals surface area contributed by atoms with Gasteiger partial charge in [-0.3, -0.25) is 4.79 Å². The van der Waals surface area contributed by atoms with E-state index in [4.69, 9.17) is 9.84 Å². The fourth-order valence-corrected chi connectivity index (χ4v) is 0.810. The number of carbonyl (C=O) groups is 1. The molecule has 5 heteroatoms. The van der Waals surface area contributed by atoms with Crippen LogP contribution in [0.3, 0.4) is 0 Å². The summed E-state index contributed by atoms with van der Waals surface area (Å²) in [5.41, 5.74) is 0. The molecule has 14 heavy (non-hydrogen) atoms. The summed E-state index contributed by atoms with van der Waals surface area (Å²) in [7, 11) is 0. The first kappa shape index (κ1) is 13.4. The van der Waals surface area contributed by atoms with E-state index in [0.29, 0.717) is 0 Å². The van der Waals surface area contributed by atoms with E-state index in [0.717, 1.165) is 0 Å². The summed E-state index contributed by atoms with van der Waals surface area (Å²) in [4.78, 5) is 10.1. The number of benzene rings is 1. The molecular formula is C9H10FNaO3. The monoisotopic (exact) mass is 208 g/mol. The molecule has 0 amide bonds. The number of para-hydroxylation sites is 1. The Kier molecular flexibility index (Phi) is 6.53. The number of rotatable bonds is 4. The summed E-state index contributed by atoms with van der Waals surface area (Å²) in [6.45, 7) is -0.0176. The molecule has 1 aromatic rings. The van der Waals surface area contributed by atoms with Crippen LogP contribution in [-0.2, 0) is 4.79 Å². The van der Waals surface area contributed by atoms with Crippen molar-refractivity contribution in [3.8, 4) is 5.75 Å². The molecule has 0 atom stereocenters. The maximum Gasteiger partial charge on any atom is 1.00 e. The topological polar surface area (TPSA) is 46.5 Å². The SMILES string of the molecule is O=C(O)CCOc1ccccc1F.[H-].[Na+]. The van der Waals surface area contributed by atoms with Crippen molar-refractivity contribution in [2.45, 2.75) is 6.42 Å². The molecule has 0 saturated heterocycles. The molecule has 72 valence electrons. The summed E-state index contributed by atoms with van der Waals surface area (Å²) in [6, 6.07) is 5.88. The minimum absolute atomic E-state index is 0. The molecule has 0 fully saturated rings. The van der Waals surface area contributed by atoms with Gasteiger partial charge in [0.25, 0.3) is 0 Å². The first-order valence-corrected chi connectivity index (χ1v) is 3.79. The van der Waals surface area contributed by atoms with Gasteiger partial charge in [0.15, 0.2) is 11.6 Å². The molecule has 0 saturated carbocycles. The van der Waals surface area contributed by atoms with Gasteiger partial charge in [-0.05, 0) is 12.1 Å². The van der Waals surface area contributed by atoms with Crippen LogP contribution in [0, 0.1) is 5.82 Å². The van der Waals surface area contributed by atoms with Gasteiger partial charge >= 0.3 is 35.5 Å². The zero-order valence-electron chi connectivity index (χ0n) is 8.87. The molecule has 0 aliphatic carbocycles. The smallest absolute Gasteiger partial charge is 1.00 e. The predicted octanol–water partition coefficient (Wildman–Crippen LogP) is -1.20. The standard InChI is InChI=1S/C9H9FO3.Na.H/c10-7-3-1-2-4-8(7)13-6-5-9(11)12;;/h1-4H,5-6H2,(H,11,12);;/q;+1;-1. The van der Waals surface area contributed by atoms with Crippen molar-refractivity contribution in [3.05, 3.63) is 30.1 Å². The molecule has 1 N–H and O–H groups in total. The van der Waals surface area contributed by atoms with Crippen molar-refractivity contribution in [2.75, 3.05) is 6.61 Å². The fraction of sp³-hybridized carbons (Fsp3) is 0.222. The van der Waals surface area contributed by atoms with Crippen molar-refractivity contribution >= 4 is 5.97 Å². The van der Waals surface area contributed by atoms with Crippen LogP contribution in [0.5, 0.6) is 5.75 Å². The van der Waals surface area contributed by atoms with Crippen LogP contribution in [0.1, 0.15) is 7.85 Å². The molecule has 0 aliphatic rings. The fourth-order valence-electron chi connectivity index (χ4n) is 0.810. The van der Waals surface area contributed by atoms with E-state index < -0.39 is 11.8 Å². The summed E-state index contributed by atoms with van der Waals surface area (Å²) < 4.78 is 17.7. The number of halogens is 1. The van der Waals surface area contributed by atoms with Crippen LogP contribution in [0.15, 0.2) is 24.3 Å². The molecule has 0 spiro atoms. The number of carboxylic acid groups (broad SMARTS) is 1. The van der Waals surface area contributed by atoms with Crippen molar-refractivity contribution in [1.29, 1.82) is 0 Å². The molecule has 0 aliphatic heterocycles. The average Bonchev–Trinajstić information content (AvgIpc) is 2.08. The Morgan fingerprint density at radius 1 is 1.50 bits per heavy atom. The summed E-state index contributed by atoms with van der Waals surface area (Å²) in [5.74, 6) is -1.35. The van der Waals surface area contributed by atoms with Crippen LogP contribution in [0.4, 0.5) is 4.39 Å². The molecule has 0 bridgehead atoms. The number of carboxylic acids is 1. The van der Waals surface area contributed by atoms with E-state index in [1.807, 2.05) is 0 Å². The van der Waals surface area contributed by atoms with Gasteiger partial charge in [0.05, 0.1) is 13.0 Å². The van der Waals surface area contributed by atoms with Crippen molar-refractivity contribution in [1.82, 2.24) is 0 Å². The van der Waals surface area contributed by atoms with Gasteiger partial charge in [0.1, 0.15) is 0 Å². The number of hydrogen-bond acceptors (Lipinski definition) is 2. The second-order valence-corrected chi connectivity index (χ2v) is 2.42. The molecule has 0 heterocycles. The molecule has 0 radical (unpaired) electrons. The third kappa shape index (κ3) is 4.60. The van der Waals surface area contributed by atoms with Crippen LogP contribution >= 0.6 is 0 Å². The Hall–Kier alpha value is -0.580. The Labute approximate surface area is 105 Å². The van der Waals surface area contributed by atoms with Gasteiger partial charge < -0.3 is 11.3 Å². The van der Waals surface area contributed by atoms with Gasteiger partial charge in [-0.15, -0.1) is 0 Å². The summed E-state index contributed by atoms with van der Waals surface area (Å²) in [6.07, 6.45) is -0.131. The molecule has 0 unspecified atom stereocenters. The molecule has 1 rings (SSSR count). The van der Waals surface area contributed by atoms with E-state index in [1.165, 1.54) is 12.1 Å². The Morgan fingerprint density at radius 3 is 2.71 bits per heavy atom. The van der Waals surface area contributed by atoms with E-state index in [2.05, 4.69) is 0 Å². The third-order valence-corrected chi connectivity index (χ3v) is 1.41. The van der Waals surface area contributed by atoms with Crippen molar-refractivity contribution in [3.63, 3.8) is 0 Å². The maximum absolute atomic E-state index is 12.8. The van der Waals surface area contributed by atoms with Crippen LogP contribution in [-0.4, -0.2) is 17.7 Å². The number of ether oxygens (including phenoxy) is 1. The zero-order valence-corrected chi connectivity index (χ0v) is 9.87. The summed E-state index contributed by atoms with van der Waals surface area (Å²) >= 11 is 0. The Bertz CT molecular complexity index is 309. The van der Waals surface area contributed by atoms with E-state index in [-0.39, 0.29) is 49.8 Å². The largest absolute Gasteiger partial charge is 1.00 e. The van der Waals surface area contributed by atoms with Crippen LogP contribution in [0.25, 0.3) is 0 Å². The Morgan fingerprint density at radius 2 is 2.14 bits per heavy atom. The maximum atomic E-state index is 12.8. The van der Waals surface area contributed by atoms with Gasteiger partial charge in [0.2, 0.25) is 0 Å².